The summed E-state index contributed by atoms with van der Waals surface area (Å²) in [4.78, 5) is 79.2. The molecule has 12 heteroatoms. The number of fused-ring (bicyclic) bond motifs is 6. The third kappa shape index (κ3) is 12.5. The lowest BCUT2D eigenvalue weighted by Gasteiger charge is -2.20. The topological polar surface area (TPSA) is 158 Å². The highest BCUT2D eigenvalue weighted by molar-refractivity contribution is 6.11. The number of rotatable bonds is 22. The summed E-state index contributed by atoms with van der Waals surface area (Å²) in [7, 11) is 2.84. The predicted molar refractivity (Wildman–Crippen MR) is 285 cm³/mol. The van der Waals surface area contributed by atoms with E-state index in [1.165, 1.54) is 50.7 Å². The van der Waals surface area contributed by atoms with Gasteiger partial charge in [-0.1, -0.05) is 149 Å². The first kappa shape index (κ1) is 52.9. The molecule has 12 nitrogen and oxygen atoms in total. The predicted octanol–water partition coefficient (Wildman–Crippen LogP) is 11.8. The molecule has 0 heterocycles. The van der Waals surface area contributed by atoms with Gasteiger partial charge in [0.2, 0.25) is 0 Å². The molecule has 8 rings (SSSR count). The number of benzene rings is 6. The Labute approximate surface area is 437 Å². The number of hydrogen-bond donors (Lipinski definition) is 0. The van der Waals surface area contributed by atoms with Gasteiger partial charge in [0.05, 0.1) is 45.3 Å². The Hall–Kier alpha value is -8.38. The highest BCUT2D eigenvalue weighted by Gasteiger charge is 2.34. The van der Waals surface area contributed by atoms with Crippen LogP contribution in [0.2, 0.25) is 0 Å². The van der Waals surface area contributed by atoms with E-state index >= 15 is 0 Å². The molecule has 0 aliphatic heterocycles. The molecule has 0 fully saturated rings. The minimum absolute atomic E-state index is 0.109. The molecule has 6 aromatic carbocycles. The van der Waals surface area contributed by atoms with Crippen molar-refractivity contribution in [2.45, 2.75) is 58.8 Å². The molecule has 0 amide bonds. The fourth-order valence-corrected chi connectivity index (χ4v) is 9.67. The summed E-state index contributed by atoms with van der Waals surface area (Å²) >= 11 is 0. The van der Waals surface area contributed by atoms with E-state index in [1.807, 2.05) is 100 Å². The second-order valence-corrected chi connectivity index (χ2v) is 19.4. The summed E-state index contributed by atoms with van der Waals surface area (Å²) in [5, 5.41) is 0. The maximum atomic E-state index is 13.5. The molecule has 0 saturated carbocycles. The molecule has 2 aliphatic rings. The average molecular weight is 1010 g/mol. The van der Waals surface area contributed by atoms with Gasteiger partial charge in [-0.05, 0) is 104 Å². The van der Waals surface area contributed by atoms with E-state index in [9.17, 15) is 28.8 Å². The molecular weight excluding hydrogens is 949 g/mol. The normalized spacial score (nSPS) is 13.4. The van der Waals surface area contributed by atoms with Gasteiger partial charge in [0.15, 0.2) is 34.6 Å². The lowest BCUT2D eigenvalue weighted by Crippen LogP contribution is -2.29. The number of ketones is 2. The van der Waals surface area contributed by atoms with Crippen molar-refractivity contribution in [1.29, 1.82) is 0 Å². The van der Waals surface area contributed by atoms with Gasteiger partial charge in [0.1, 0.15) is 13.2 Å². The van der Waals surface area contributed by atoms with Crippen LogP contribution in [0, 0.1) is 23.7 Å². The van der Waals surface area contributed by atoms with E-state index in [0.717, 1.165) is 44.5 Å². The van der Waals surface area contributed by atoms with E-state index in [-0.39, 0.29) is 72.7 Å². The number of carbonyl (C=O) groups excluding carboxylic acids is 6. The molecular formula is C63H60O12. The van der Waals surface area contributed by atoms with Gasteiger partial charge >= 0.3 is 23.9 Å². The highest BCUT2D eigenvalue weighted by Crippen LogP contribution is 2.46. The zero-order valence-electron chi connectivity index (χ0n) is 42.9. The van der Waals surface area contributed by atoms with Crippen molar-refractivity contribution in [3.05, 3.63) is 179 Å². The lowest BCUT2D eigenvalue weighted by atomic mass is 9.92. The molecule has 0 N–H and O–H groups in total. The molecule has 0 radical (unpaired) electrons. The molecule has 0 saturated heterocycles. The first-order valence-corrected chi connectivity index (χ1v) is 25.1. The summed E-state index contributed by atoms with van der Waals surface area (Å²) in [5.74, 6) is -4.69. The first-order valence-electron chi connectivity index (χ1n) is 25.1. The Balaban J connectivity index is 0.803. The van der Waals surface area contributed by atoms with Crippen LogP contribution >= 0.6 is 0 Å². The van der Waals surface area contributed by atoms with Gasteiger partial charge < -0.3 is 28.4 Å². The van der Waals surface area contributed by atoms with Crippen LogP contribution in [0.3, 0.4) is 0 Å². The van der Waals surface area contributed by atoms with Crippen molar-refractivity contribution < 1.29 is 57.2 Å². The van der Waals surface area contributed by atoms with E-state index in [4.69, 9.17) is 28.4 Å². The molecule has 0 bridgehead atoms. The summed E-state index contributed by atoms with van der Waals surface area (Å²) < 4.78 is 34.2. The van der Waals surface area contributed by atoms with E-state index in [1.54, 1.807) is 24.3 Å². The maximum absolute atomic E-state index is 13.5. The number of esters is 4. The van der Waals surface area contributed by atoms with Crippen molar-refractivity contribution in [1.82, 2.24) is 0 Å². The second-order valence-electron chi connectivity index (χ2n) is 19.4. The van der Waals surface area contributed by atoms with Crippen LogP contribution in [0.5, 0.6) is 23.0 Å². The number of allylic oxidation sites excluding steroid dienone is 2. The zero-order valence-corrected chi connectivity index (χ0v) is 42.9. The second kappa shape index (κ2) is 24.1. The Morgan fingerprint density at radius 1 is 0.453 bits per heavy atom. The van der Waals surface area contributed by atoms with Crippen molar-refractivity contribution in [2.75, 3.05) is 27.4 Å². The summed E-state index contributed by atoms with van der Waals surface area (Å²) in [6.45, 7) is 7.64. The zero-order chi connectivity index (χ0) is 53.2. The summed E-state index contributed by atoms with van der Waals surface area (Å²) in [6, 6.07) is 41.8. The fourth-order valence-electron chi connectivity index (χ4n) is 9.67. The lowest BCUT2D eigenvalue weighted by molar-refractivity contribution is -0.151. The molecule has 2 aliphatic carbocycles. The van der Waals surface area contributed by atoms with E-state index in [0.29, 0.717) is 11.1 Å². The van der Waals surface area contributed by atoms with Crippen LogP contribution in [0.1, 0.15) is 92.2 Å². The molecule has 75 heavy (non-hydrogen) atoms. The van der Waals surface area contributed by atoms with Crippen molar-refractivity contribution in [2.24, 2.45) is 23.7 Å². The van der Waals surface area contributed by atoms with Crippen LogP contribution in [-0.4, -0.2) is 62.9 Å². The van der Waals surface area contributed by atoms with Gasteiger partial charge in [0.25, 0.3) is 0 Å². The van der Waals surface area contributed by atoms with Crippen molar-refractivity contribution in [3.8, 4) is 45.3 Å². The molecule has 0 unspecified atom stereocenters. The molecule has 384 valence electrons. The van der Waals surface area contributed by atoms with E-state index < -0.39 is 53.7 Å². The summed E-state index contributed by atoms with van der Waals surface area (Å²) in [5.41, 5.74) is 9.95. The van der Waals surface area contributed by atoms with Gasteiger partial charge in [-0.25, -0.2) is 0 Å². The fraction of sp³-hybridized carbons (Fsp3) is 0.270. The molecule has 6 aromatic rings. The van der Waals surface area contributed by atoms with Crippen molar-refractivity contribution in [3.63, 3.8) is 0 Å². The standard InChI is InChI=1S/C63H60O12/c1-38(2)52(34-60(66)72-36-54-48-19-11-7-15-44(48)45-16-8-12-20-49(45)54)62(68)74-56-29-25-40(31-58(56)70-5)23-27-42(64)33-43(65)28-24-41-26-30-57(59(32-41)71-6)75-63(69)53(39(3)4)35-61(67)73-37-55-50-21-13-9-17-46(50)47-18-10-14-22-51(47)55/h7-32,38-39,52-55H,33-37H2,1-6H3/b27-23+,28-24+/t52-,53-/m0/s1. The van der Waals surface area contributed by atoms with Crippen LogP contribution in [-0.2, 0) is 38.2 Å². The Morgan fingerprint density at radius 3 is 1.11 bits per heavy atom. The minimum atomic E-state index is -0.791. The third-order valence-electron chi connectivity index (χ3n) is 13.8. The number of methoxy groups -OCH3 is 2. The quantitative estimate of drug-likeness (QED) is 0.0275. The average Bonchev–Trinajstić information content (AvgIpc) is 3.91. The Morgan fingerprint density at radius 2 is 0.787 bits per heavy atom. The van der Waals surface area contributed by atoms with Crippen molar-refractivity contribution >= 4 is 47.6 Å². The van der Waals surface area contributed by atoms with Gasteiger partial charge in [-0.3, -0.25) is 28.8 Å². The maximum Gasteiger partial charge on any atom is 0.315 e. The Bertz CT molecular complexity index is 2880. The largest absolute Gasteiger partial charge is 0.493 e. The highest BCUT2D eigenvalue weighted by atomic mass is 16.6. The van der Waals surface area contributed by atoms with E-state index in [2.05, 4.69) is 24.3 Å². The molecule has 0 spiro atoms. The molecule has 2 atom stereocenters. The van der Waals surface area contributed by atoms with Crippen LogP contribution < -0.4 is 18.9 Å². The third-order valence-corrected chi connectivity index (χ3v) is 13.8. The smallest absolute Gasteiger partial charge is 0.315 e. The van der Waals surface area contributed by atoms with Gasteiger partial charge in [-0.15, -0.1) is 0 Å². The number of carbonyl (C=O) groups is 6. The van der Waals surface area contributed by atoms with Crippen LogP contribution in [0.4, 0.5) is 0 Å². The van der Waals surface area contributed by atoms with Gasteiger partial charge in [0, 0.05) is 11.8 Å². The minimum Gasteiger partial charge on any atom is -0.493 e. The Kier molecular flexibility index (Phi) is 17.0. The summed E-state index contributed by atoms with van der Waals surface area (Å²) in [6.07, 6.45) is 4.85. The number of hydrogen-bond acceptors (Lipinski definition) is 12. The SMILES string of the molecule is COc1cc(/C=C/C(=O)CC(=O)/C=C/c2ccc(OC(=O)[C@@H](CC(=O)OCC3c4ccccc4-c4ccccc43)C(C)C)c(OC)c2)ccc1OC(=O)[C@@H](CC(=O)OCC1c2ccccc2-c2ccccc21)C(C)C. The number of ether oxygens (including phenoxy) is 6. The molecule has 0 aromatic heterocycles. The van der Waals surface area contributed by atoms with Gasteiger partial charge in [-0.2, -0.15) is 0 Å². The van der Waals surface area contributed by atoms with Crippen LogP contribution in [0.25, 0.3) is 34.4 Å². The monoisotopic (exact) mass is 1010 g/mol. The van der Waals surface area contributed by atoms with Crippen LogP contribution in [0.15, 0.2) is 146 Å². The first-order chi connectivity index (χ1) is 36.2.